The Morgan fingerprint density at radius 3 is 3.07 bits per heavy atom. The molecule has 0 bridgehead atoms. The van der Waals surface area contributed by atoms with E-state index in [1.165, 1.54) is 5.56 Å². The lowest BCUT2D eigenvalue weighted by molar-refractivity contribution is 0.318. The minimum absolute atomic E-state index is 0.682. The summed E-state index contributed by atoms with van der Waals surface area (Å²) in [5.41, 5.74) is 1.32. The third-order valence-corrected chi connectivity index (χ3v) is 3.28. The van der Waals surface area contributed by atoms with Crippen molar-refractivity contribution in [3.63, 3.8) is 0 Å². The highest BCUT2D eigenvalue weighted by Gasteiger charge is 2.00. The first-order valence-corrected chi connectivity index (χ1v) is 6.34. The number of pyridine rings is 1. The summed E-state index contributed by atoms with van der Waals surface area (Å²) < 4.78 is 6.36. The van der Waals surface area contributed by atoms with Gasteiger partial charge in [-0.2, -0.15) is 11.3 Å². The van der Waals surface area contributed by atoms with Gasteiger partial charge in [0.15, 0.2) is 5.75 Å². The van der Waals surface area contributed by atoms with Gasteiger partial charge in [0.2, 0.25) is 0 Å². The zero-order valence-corrected chi connectivity index (χ0v) is 10.4. The van der Waals surface area contributed by atoms with E-state index in [0.717, 1.165) is 16.8 Å². The van der Waals surface area contributed by atoms with Gasteiger partial charge in [0.25, 0.3) is 0 Å². The van der Waals surface area contributed by atoms with Crippen molar-refractivity contribution in [3.05, 3.63) is 45.3 Å². The Morgan fingerprint density at radius 2 is 2.33 bits per heavy atom. The van der Waals surface area contributed by atoms with Crippen LogP contribution in [0.4, 0.5) is 0 Å². The maximum Gasteiger partial charge on any atom is 0.152 e. The van der Waals surface area contributed by atoms with E-state index < -0.39 is 0 Å². The second kappa shape index (κ2) is 5.28. The van der Waals surface area contributed by atoms with Crippen molar-refractivity contribution in [2.45, 2.75) is 6.42 Å². The lowest BCUT2D eigenvalue weighted by Crippen LogP contribution is -2.01. The van der Waals surface area contributed by atoms with E-state index in [2.05, 4.69) is 37.7 Å². The van der Waals surface area contributed by atoms with Gasteiger partial charge in [0.1, 0.15) is 4.60 Å². The van der Waals surface area contributed by atoms with Gasteiger partial charge in [-0.3, -0.25) is 0 Å². The molecular weight excluding hydrogens is 274 g/mol. The molecule has 0 spiro atoms. The zero-order chi connectivity index (χ0) is 10.5. The molecule has 0 fully saturated rings. The van der Waals surface area contributed by atoms with E-state index in [-0.39, 0.29) is 0 Å². The Labute approximate surface area is 101 Å². The normalized spacial score (nSPS) is 10.2. The minimum Gasteiger partial charge on any atom is -0.490 e. The zero-order valence-electron chi connectivity index (χ0n) is 8.02. The molecule has 2 aromatic rings. The maximum absolute atomic E-state index is 5.61. The molecule has 2 heterocycles. The molecule has 0 atom stereocenters. The fraction of sp³-hybridized carbons (Fsp3) is 0.182. The first-order chi connectivity index (χ1) is 7.36. The molecule has 0 amide bonds. The quantitative estimate of drug-likeness (QED) is 0.801. The van der Waals surface area contributed by atoms with Gasteiger partial charge < -0.3 is 4.74 Å². The predicted molar refractivity (Wildman–Crippen MR) is 65.5 cm³/mol. The number of halogens is 1. The number of hydrogen-bond acceptors (Lipinski definition) is 3. The second-order valence-electron chi connectivity index (χ2n) is 3.02. The van der Waals surface area contributed by atoms with Crippen molar-refractivity contribution in [1.29, 1.82) is 0 Å². The van der Waals surface area contributed by atoms with Crippen molar-refractivity contribution in [2.75, 3.05) is 6.61 Å². The SMILES string of the molecule is Brc1ncccc1OCCc1ccsc1. The van der Waals surface area contributed by atoms with Gasteiger partial charge in [0.05, 0.1) is 6.61 Å². The smallest absolute Gasteiger partial charge is 0.152 e. The largest absolute Gasteiger partial charge is 0.490 e. The summed E-state index contributed by atoms with van der Waals surface area (Å²) in [6.07, 6.45) is 2.67. The molecule has 2 nitrogen and oxygen atoms in total. The molecule has 0 aliphatic carbocycles. The van der Waals surface area contributed by atoms with Crippen molar-refractivity contribution in [2.24, 2.45) is 0 Å². The Morgan fingerprint density at radius 1 is 1.40 bits per heavy atom. The van der Waals surface area contributed by atoms with Crippen LogP contribution >= 0.6 is 27.3 Å². The van der Waals surface area contributed by atoms with Crippen LogP contribution in [0.3, 0.4) is 0 Å². The molecule has 4 heteroatoms. The Bertz CT molecular complexity index is 416. The standard InChI is InChI=1S/C11H10BrNOS/c12-11-10(2-1-5-13-11)14-6-3-9-4-7-15-8-9/h1-2,4-5,7-8H,3,6H2. The van der Waals surface area contributed by atoms with Crippen LogP contribution in [0.1, 0.15) is 5.56 Å². The van der Waals surface area contributed by atoms with Crippen LogP contribution in [0.2, 0.25) is 0 Å². The molecule has 0 unspecified atom stereocenters. The highest BCUT2D eigenvalue weighted by molar-refractivity contribution is 9.10. The molecule has 0 saturated carbocycles. The molecular formula is C11H10BrNOS. The highest BCUT2D eigenvalue weighted by Crippen LogP contribution is 2.21. The van der Waals surface area contributed by atoms with Crippen molar-refractivity contribution < 1.29 is 4.74 Å². The van der Waals surface area contributed by atoms with Gasteiger partial charge in [-0.1, -0.05) is 0 Å². The summed E-state index contributed by atoms with van der Waals surface area (Å²) in [6, 6.07) is 5.89. The lowest BCUT2D eigenvalue weighted by Gasteiger charge is -2.05. The summed E-state index contributed by atoms with van der Waals surface area (Å²) in [5.74, 6) is 0.799. The fourth-order valence-electron chi connectivity index (χ4n) is 1.19. The van der Waals surface area contributed by atoms with Crippen LogP contribution in [-0.4, -0.2) is 11.6 Å². The molecule has 0 aromatic carbocycles. The average Bonchev–Trinajstić information content (AvgIpc) is 2.74. The highest BCUT2D eigenvalue weighted by atomic mass is 79.9. The number of hydrogen-bond donors (Lipinski definition) is 0. The number of thiophene rings is 1. The molecule has 0 aliphatic heterocycles. The van der Waals surface area contributed by atoms with E-state index in [9.17, 15) is 0 Å². The maximum atomic E-state index is 5.61. The van der Waals surface area contributed by atoms with Crippen molar-refractivity contribution >= 4 is 27.3 Å². The molecule has 2 aromatic heterocycles. The first kappa shape index (κ1) is 10.6. The topological polar surface area (TPSA) is 22.1 Å². The molecule has 0 radical (unpaired) electrons. The number of rotatable bonds is 4. The summed E-state index contributed by atoms with van der Waals surface area (Å²) in [6.45, 7) is 0.682. The van der Waals surface area contributed by atoms with E-state index in [1.54, 1.807) is 17.5 Å². The van der Waals surface area contributed by atoms with Gasteiger partial charge in [-0.15, -0.1) is 0 Å². The van der Waals surface area contributed by atoms with Crippen LogP contribution in [0.15, 0.2) is 39.8 Å². The van der Waals surface area contributed by atoms with E-state index in [0.29, 0.717) is 6.61 Å². The molecule has 15 heavy (non-hydrogen) atoms. The fourth-order valence-corrected chi connectivity index (χ4v) is 2.26. The molecule has 78 valence electrons. The third-order valence-electron chi connectivity index (χ3n) is 1.95. The van der Waals surface area contributed by atoms with E-state index in [4.69, 9.17) is 4.74 Å². The Kier molecular flexibility index (Phi) is 3.75. The van der Waals surface area contributed by atoms with E-state index >= 15 is 0 Å². The first-order valence-electron chi connectivity index (χ1n) is 4.60. The van der Waals surface area contributed by atoms with Gasteiger partial charge in [-0.05, 0) is 50.5 Å². The van der Waals surface area contributed by atoms with Gasteiger partial charge in [0, 0.05) is 12.6 Å². The van der Waals surface area contributed by atoms with Crippen molar-refractivity contribution in [3.8, 4) is 5.75 Å². The lowest BCUT2D eigenvalue weighted by atomic mass is 10.3. The summed E-state index contributed by atoms with van der Waals surface area (Å²) >= 11 is 5.05. The summed E-state index contributed by atoms with van der Waals surface area (Å²) in [7, 11) is 0. The van der Waals surface area contributed by atoms with Crippen LogP contribution < -0.4 is 4.74 Å². The van der Waals surface area contributed by atoms with Crippen LogP contribution in [-0.2, 0) is 6.42 Å². The average molecular weight is 284 g/mol. The second-order valence-corrected chi connectivity index (χ2v) is 4.55. The number of aromatic nitrogens is 1. The van der Waals surface area contributed by atoms with Gasteiger partial charge in [-0.25, -0.2) is 4.98 Å². The number of nitrogens with zero attached hydrogens (tertiary/aromatic N) is 1. The predicted octanol–water partition coefficient (Wildman–Crippen LogP) is 3.53. The van der Waals surface area contributed by atoms with Crippen LogP contribution in [0, 0.1) is 0 Å². The third kappa shape index (κ3) is 3.04. The molecule has 0 saturated heterocycles. The van der Waals surface area contributed by atoms with E-state index in [1.807, 2.05) is 12.1 Å². The summed E-state index contributed by atoms with van der Waals surface area (Å²) in [5, 5.41) is 4.22. The summed E-state index contributed by atoms with van der Waals surface area (Å²) in [4.78, 5) is 4.09. The minimum atomic E-state index is 0.682. The molecule has 2 rings (SSSR count). The Hall–Kier alpha value is -0.870. The van der Waals surface area contributed by atoms with Gasteiger partial charge >= 0.3 is 0 Å². The van der Waals surface area contributed by atoms with Crippen LogP contribution in [0.5, 0.6) is 5.75 Å². The number of ether oxygens (including phenoxy) is 1. The Balaban J connectivity index is 1.86. The van der Waals surface area contributed by atoms with Crippen LogP contribution in [0.25, 0.3) is 0 Å². The van der Waals surface area contributed by atoms with Crippen molar-refractivity contribution in [1.82, 2.24) is 4.98 Å². The molecule has 0 aliphatic rings. The monoisotopic (exact) mass is 283 g/mol. The molecule has 0 N–H and O–H groups in total.